The van der Waals surface area contributed by atoms with E-state index in [0.717, 1.165) is 0 Å². The summed E-state index contributed by atoms with van der Waals surface area (Å²) in [7, 11) is -2.85. The normalized spacial score (nSPS) is 28.4. The van der Waals surface area contributed by atoms with E-state index in [1.54, 1.807) is 13.8 Å². The van der Waals surface area contributed by atoms with Crippen molar-refractivity contribution in [3.8, 4) is 0 Å². The first-order chi connectivity index (χ1) is 10.9. The van der Waals surface area contributed by atoms with Gasteiger partial charge in [-0.25, -0.2) is 9.97 Å². The number of aromatic nitrogens is 4. The number of H-pyrrole nitrogens is 1. The van der Waals surface area contributed by atoms with Crippen LogP contribution in [0.15, 0.2) is 11.1 Å². The number of aryl methyl sites for hydroxylation is 1. The Morgan fingerprint density at radius 2 is 2.30 bits per heavy atom. The third kappa shape index (κ3) is 2.79. The summed E-state index contributed by atoms with van der Waals surface area (Å²) in [4.78, 5) is 31.8. The molecule has 1 aliphatic rings. The van der Waals surface area contributed by atoms with E-state index in [-0.39, 0.29) is 29.2 Å². The molecule has 0 aromatic carbocycles. The molecule has 3 heterocycles. The Hall–Kier alpha value is -1.71. The van der Waals surface area contributed by atoms with Crippen molar-refractivity contribution in [2.45, 2.75) is 32.3 Å². The van der Waals surface area contributed by atoms with Crippen molar-refractivity contribution in [1.82, 2.24) is 19.5 Å². The first-order valence-electron chi connectivity index (χ1n) is 6.95. The summed E-state index contributed by atoms with van der Waals surface area (Å²) >= 11 is 0. The first-order valence-corrected chi connectivity index (χ1v) is 8.08. The minimum Gasteiger partial charge on any atom is -0.394 e. The second-order valence-corrected chi connectivity index (χ2v) is 6.08. The van der Waals surface area contributed by atoms with Crippen LogP contribution in [0.3, 0.4) is 0 Å². The summed E-state index contributed by atoms with van der Waals surface area (Å²) in [6.07, 6.45) is -0.823. The van der Waals surface area contributed by atoms with E-state index in [2.05, 4.69) is 15.0 Å². The minimum atomic E-state index is -2.85. The molecule has 1 aliphatic heterocycles. The molecule has 0 spiro atoms. The Balaban J connectivity index is 2.08. The topological polar surface area (TPSA) is 140 Å². The van der Waals surface area contributed by atoms with E-state index in [1.807, 2.05) is 0 Å². The summed E-state index contributed by atoms with van der Waals surface area (Å²) in [5, 5.41) is 9.39. The third-order valence-electron chi connectivity index (χ3n) is 3.92. The molecule has 2 aromatic rings. The molecule has 1 fully saturated rings. The lowest BCUT2D eigenvalue weighted by molar-refractivity contribution is -0.0450. The van der Waals surface area contributed by atoms with Gasteiger partial charge in [0.1, 0.15) is 5.82 Å². The SMILES string of the molecule is Cc1nc2c(ncn2[C@@H]2O[C@H](CO)[C@H](C)C2O[P+](=O)O)c(=O)[nH]1. The number of aliphatic hydroxyl groups is 1. The van der Waals surface area contributed by atoms with Gasteiger partial charge in [-0.3, -0.25) is 9.36 Å². The van der Waals surface area contributed by atoms with E-state index < -0.39 is 26.7 Å². The summed E-state index contributed by atoms with van der Waals surface area (Å²) in [6, 6.07) is 0. The molecule has 10 nitrogen and oxygen atoms in total. The van der Waals surface area contributed by atoms with Crippen LogP contribution in [-0.2, 0) is 13.8 Å². The molecule has 23 heavy (non-hydrogen) atoms. The second kappa shape index (κ2) is 6.06. The fourth-order valence-electron chi connectivity index (χ4n) is 2.76. The van der Waals surface area contributed by atoms with Gasteiger partial charge in [0.25, 0.3) is 5.56 Å². The van der Waals surface area contributed by atoms with E-state index in [9.17, 15) is 14.5 Å². The number of hydrogen-bond acceptors (Lipinski definition) is 7. The van der Waals surface area contributed by atoms with E-state index >= 15 is 0 Å². The summed E-state index contributed by atoms with van der Waals surface area (Å²) in [5.41, 5.74) is 0.0250. The number of aliphatic hydroxyl groups excluding tert-OH is 1. The summed E-state index contributed by atoms with van der Waals surface area (Å²) in [6.45, 7) is 3.11. The van der Waals surface area contributed by atoms with Gasteiger partial charge in [-0.1, -0.05) is 6.92 Å². The van der Waals surface area contributed by atoms with E-state index in [1.165, 1.54) is 10.9 Å². The second-order valence-electron chi connectivity index (χ2n) is 5.39. The fourth-order valence-corrected chi connectivity index (χ4v) is 3.26. The molecule has 1 saturated heterocycles. The number of hydrogen-bond donors (Lipinski definition) is 3. The van der Waals surface area contributed by atoms with Gasteiger partial charge in [-0.15, -0.1) is 9.42 Å². The molecule has 3 N–H and O–H groups in total. The quantitative estimate of drug-likeness (QED) is 0.659. The number of imidazole rings is 1. The number of nitrogens with zero attached hydrogens (tertiary/aromatic N) is 3. The van der Waals surface area contributed by atoms with Gasteiger partial charge in [0.15, 0.2) is 23.5 Å². The molecule has 0 radical (unpaired) electrons. The maximum absolute atomic E-state index is 11.9. The third-order valence-corrected chi connectivity index (χ3v) is 4.34. The van der Waals surface area contributed by atoms with Gasteiger partial charge in [-0.05, 0) is 6.92 Å². The Morgan fingerprint density at radius 1 is 1.57 bits per heavy atom. The van der Waals surface area contributed by atoms with Crippen molar-refractivity contribution in [1.29, 1.82) is 0 Å². The Morgan fingerprint density at radius 3 is 2.96 bits per heavy atom. The van der Waals surface area contributed by atoms with Crippen LogP contribution in [0.5, 0.6) is 0 Å². The molecule has 0 bridgehead atoms. The van der Waals surface area contributed by atoms with Crippen molar-refractivity contribution in [2.75, 3.05) is 6.61 Å². The predicted octanol–water partition coefficient (Wildman–Crippen LogP) is -0.0113. The van der Waals surface area contributed by atoms with Crippen LogP contribution in [0.2, 0.25) is 0 Å². The highest BCUT2D eigenvalue weighted by Gasteiger charge is 2.48. The average molecular weight is 343 g/mol. The van der Waals surface area contributed by atoms with Crippen LogP contribution in [0.4, 0.5) is 0 Å². The monoisotopic (exact) mass is 343 g/mol. The van der Waals surface area contributed by atoms with Gasteiger partial charge in [-0.2, -0.15) is 0 Å². The van der Waals surface area contributed by atoms with Gasteiger partial charge < -0.3 is 14.8 Å². The van der Waals surface area contributed by atoms with Crippen molar-refractivity contribution >= 4 is 19.4 Å². The molecule has 3 rings (SSSR count). The Bertz CT molecular complexity index is 804. The van der Waals surface area contributed by atoms with E-state index in [4.69, 9.17) is 14.2 Å². The number of ether oxygens (including phenoxy) is 1. The molecule has 0 aliphatic carbocycles. The van der Waals surface area contributed by atoms with Crippen LogP contribution in [0.25, 0.3) is 11.2 Å². The summed E-state index contributed by atoms with van der Waals surface area (Å²) < 4.78 is 23.4. The predicted molar refractivity (Wildman–Crippen MR) is 77.7 cm³/mol. The van der Waals surface area contributed by atoms with Crippen molar-refractivity contribution < 1.29 is 23.8 Å². The zero-order valence-electron chi connectivity index (χ0n) is 12.4. The number of nitrogens with one attached hydrogen (secondary N) is 1. The van der Waals surface area contributed by atoms with Gasteiger partial charge in [0.2, 0.25) is 0 Å². The standard InChI is InChI=1S/C12H15N4O6P/c1-5-7(3-17)21-12(9(5)22-23(19)20)16-4-13-8-10(16)14-6(2)15-11(8)18/h4-5,7,9,12,17H,3H2,1-2H3,(H-,14,15,18,19,20)/p+1/t5-,7+,9?,12+/m0/s1. The summed E-state index contributed by atoms with van der Waals surface area (Å²) in [5.74, 6) is 0.0661. The van der Waals surface area contributed by atoms with Gasteiger partial charge in [0.05, 0.1) is 19.0 Å². The van der Waals surface area contributed by atoms with Gasteiger partial charge in [0, 0.05) is 10.5 Å². The largest absolute Gasteiger partial charge is 0.695 e. The molecule has 2 unspecified atom stereocenters. The van der Waals surface area contributed by atoms with Crippen LogP contribution in [0, 0.1) is 12.8 Å². The average Bonchev–Trinajstić information content (AvgIpc) is 3.01. The smallest absolute Gasteiger partial charge is 0.394 e. The van der Waals surface area contributed by atoms with Crippen molar-refractivity contribution in [3.63, 3.8) is 0 Å². The van der Waals surface area contributed by atoms with E-state index in [0.29, 0.717) is 5.82 Å². The lowest BCUT2D eigenvalue weighted by atomic mass is 10.0. The zero-order chi connectivity index (χ0) is 16.7. The molecule has 0 saturated carbocycles. The lowest BCUT2D eigenvalue weighted by Crippen LogP contribution is -2.27. The molecule has 5 atom stereocenters. The molecular weight excluding hydrogens is 327 g/mol. The number of rotatable bonds is 4. The van der Waals surface area contributed by atoms with Crippen molar-refractivity contribution in [2.24, 2.45) is 5.92 Å². The van der Waals surface area contributed by atoms with Gasteiger partial charge >= 0.3 is 8.25 Å². The van der Waals surface area contributed by atoms with Crippen LogP contribution in [-0.4, -0.2) is 48.3 Å². The Kier molecular flexibility index (Phi) is 4.26. The zero-order valence-corrected chi connectivity index (χ0v) is 13.3. The first kappa shape index (κ1) is 16.2. The molecule has 124 valence electrons. The maximum atomic E-state index is 11.9. The molecule has 2 aromatic heterocycles. The van der Waals surface area contributed by atoms with Crippen molar-refractivity contribution in [3.05, 3.63) is 22.5 Å². The van der Waals surface area contributed by atoms with Crippen LogP contribution >= 0.6 is 8.25 Å². The minimum absolute atomic E-state index is 0.131. The molecule has 11 heteroatoms. The molecule has 0 amide bonds. The van der Waals surface area contributed by atoms with Crippen LogP contribution < -0.4 is 5.56 Å². The highest BCUT2D eigenvalue weighted by Crippen LogP contribution is 2.40. The maximum Gasteiger partial charge on any atom is 0.695 e. The lowest BCUT2D eigenvalue weighted by Gasteiger charge is -2.16. The number of aromatic amines is 1. The highest BCUT2D eigenvalue weighted by molar-refractivity contribution is 7.32. The molecular formula is C12H16N4O6P+. The van der Waals surface area contributed by atoms with Crippen LogP contribution in [0.1, 0.15) is 19.0 Å². The Labute approximate surface area is 131 Å². The fraction of sp³-hybridized carbons (Fsp3) is 0.583. The number of fused-ring (bicyclic) bond motifs is 1. The highest BCUT2D eigenvalue weighted by atomic mass is 31.1.